The summed E-state index contributed by atoms with van der Waals surface area (Å²) in [4.78, 5) is 21.2. The molecule has 5 rings (SSSR count). The van der Waals surface area contributed by atoms with Gasteiger partial charge in [0.15, 0.2) is 11.7 Å². The highest BCUT2D eigenvalue weighted by atomic mass is 32.1. The zero-order valence-corrected chi connectivity index (χ0v) is 19.9. The topological polar surface area (TPSA) is 55.6 Å². The number of amides is 1. The number of ether oxygens (including phenoxy) is 1. The van der Waals surface area contributed by atoms with Crippen molar-refractivity contribution in [1.29, 1.82) is 0 Å². The molecule has 1 atom stereocenters. The fourth-order valence-electron chi connectivity index (χ4n) is 4.30. The molecular weight excluding hydrogens is 444 g/mol. The third kappa shape index (κ3) is 5.46. The van der Waals surface area contributed by atoms with E-state index in [2.05, 4.69) is 6.07 Å². The van der Waals surface area contributed by atoms with E-state index in [0.29, 0.717) is 31.8 Å². The first kappa shape index (κ1) is 22.6. The molecule has 0 aliphatic carbocycles. The van der Waals surface area contributed by atoms with Gasteiger partial charge < -0.3 is 14.1 Å². The van der Waals surface area contributed by atoms with Gasteiger partial charge in [-0.3, -0.25) is 4.79 Å². The first-order valence-corrected chi connectivity index (χ1v) is 12.7. The predicted molar refractivity (Wildman–Crippen MR) is 134 cm³/mol. The standard InChI is InChI=1S/C28H28N2O3S/c31-26(30(19-23-13-7-17-32-23)20-24-14-8-18-34-24)16-15-25-29-27(21-9-3-1-4-10-21)28(33-25)22-11-5-2-6-12-22/h1-6,8-12,14,18,23H,7,13,15-17,19-20H2. The van der Waals surface area contributed by atoms with Crippen molar-refractivity contribution in [2.45, 2.75) is 38.3 Å². The fourth-order valence-corrected chi connectivity index (χ4v) is 5.02. The first-order chi connectivity index (χ1) is 16.8. The van der Waals surface area contributed by atoms with Crippen LogP contribution < -0.4 is 0 Å². The summed E-state index contributed by atoms with van der Waals surface area (Å²) >= 11 is 1.68. The van der Waals surface area contributed by atoms with Gasteiger partial charge in [-0.15, -0.1) is 11.3 Å². The van der Waals surface area contributed by atoms with Crippen molar-refractivity contribution in [2.24, 2.45) is 0 Å². The molecule has 2 aromatic heterocycles. The van der Waals surface area contributed by atoms with Crippen LogP contribution in [0.3, 0.4) is 0 Å². The number of aromatic nitrogens is 1. The van der Waals surface area contributed by atoms with Gasteiger partial charge in [0.2, 0.25) is 5.91 Å². The van der Waals surface area contributed by atoms with E-state index in [0.717, 1.165) is 42.0 Å². The number of benzene rings is 2. The second-order valence-corrected chi connectivity index (χ2v) is 9.54. The molecule has 0 radical (unpaired) electrons. The van der Waals surface area contributed by atoms with E-state index in [1.165, 1.54) is 4.88 Å². The van der Waals surface area contributed by atoms with E-state index in [-0.39, 0.29) is 12.0 Å². The Morgan fingerprint density at radius 2 is 1.76 bits per heavy atom. The quantitative estimate of drug-likeness (QED) is 0.291. The second kappa shape index (κ2) is 10.8. The van der Waals surface area contributed by atoms with Crippen molar-refractivity contribution >= 4 is 17.2 Å². The zero-order valence-electron chi connectivity index (χ0n) is 19.1. The number of hydrogen-bond donors (Lipinski definition) is 0. The lowest BCUT2D eigenvalue weighted by atomic mass is 10.1. The van der Waals surface area contributed by atoms with Crippen LogP contribution in [0.15, 0.2) is 82.6 Å². The van der Waals surface area contributed by atoms with Crippen LogP contribution in [0.1, 0.15) is 30.0 Å². The molecule has 0 saturated carbocycles. The summed E-state index contributed by atoms with van der Waals surface area (Å²) in [6, 6.07) is 24.1. The second-order valence-electron chi connectivity index (χ2n) is 8.51. The number of carbonyl (C=O) groups excluding carboxylic acids is 1. The molecule has 1 saturated heterocycles. The maximum Gasteiger partial charge on any atom is 0.223 e. The third-order valence-corrected chi connectivity index (χ3v) is 6.90. The zero-order chi connectivity index (χ0) is 23.2. The Hall–Kier alpha value is -3.22. The van der Waals surface area contributed by atoms with E-state index in [9.17, 15) is 4.79 Å². The van der Waals surface area contributed by atoms with Crippen molar-refractivity contribution in [3.63, 3.8) is 0 Å². The van der Waals surface area contributed by atoms with Crippen LogP contribution in [0.25, 0.3) is 22.6 Å². The molecule has 6 heteroatoms. The van der Waals surface area contributed by atoms with Crippen molar-refractivity contribution in [3.05, 3.63) is 88.9 Å². The summed E-state index contributed by atoms with van der Waals surface area (Å²) in [5, 5.41) is 2.05. The molecule has 0 bridgehead atoms. The Labute approximate surface area is 204 Å². The SMILES string of the molecule is O=C(CCc1nc(-c2ccccc2)c(-c2ccccc2)o1)N(Cc1cccs1)CC1CCCO1. The monoisotopic (exact) mass is 472 g/mol. The molecule has 4 aromatic rings. The number of rotatable bonds is 9. The van der Waals surface area contributed by atoms with Gasteiger partial charge in [-0.05, 0) is 24.3 Å². The van der Waals surface area contributed by atoms with Crippen molar-refractivity contribution in [2.75, 3.05) is 13.2 Å². The Bertz CT molecular complexity index is 1130. The van der Waals surface area contributed by atoms with E-state index in [1.807, 2.05) is 77.0 Å². The molecule has 34 heavy (non-hydrogen) atoms. The highest BCUT2D eigenvalue weighted by Crippen LogP contribution is 2.33. The number of hydrogen-bond acceptors (Lipinski definition) is 5. The molecular formula is C28H28N2O3S. The van der Waals surface area contributed by atoms with E-state index in [1.54, 1.807) is 11.3 Å². The number of aryl methyl sites for hydroxylation is 1. The van der Waals surface area contributed by atoms with Gasteiger partial charge in [0.25, 0.3) is 0 Å². The Kier molecular flexibility index (Phi) is 7.17. The van der Waals surface area contributed by atoms with Crippen molar-refractivity contribution < 1.29 is 13.9 Å². The third-order valence-electron chi connectivity index (χ3n) is 6.03. The number of carbonyl (C=O) groups is 1. The van der Waals surface area contributed by atoms with Crippen molar-refractivity contribution in [1.82, 2.24) is 9.88 Å². The molecule has 174 valence electrons. The number of nitrogens with zero attached hydrogens (tertiary/aromatic N) is 2. The lowest BCUT2D eigenvalue weighted by Crippen LogP contribution is -2.36. The van der Waals surface area contributed by atoms with Gasteiger partial charge in [-0.2, -0.15) is 0 Å². The average Bonchev–Trinajstić information content (AvgIpc) is 3.66. The summed E-state index contributed by atoms with van der Waals surface area (Å²) in [5.74, 6) is 1.42. The van der Waals surface area contributed by atoms with Crippen LogP contribution in [0.4, 0.5) is 0 Å². The molecule has 1 aliphatic rings. The lowest BCUT2D eigenvalue weighted by Gasteiger charge is -2.25. The highest BCUT2D eigenvalue weighted by molar-refractivity contribution is 7.09. The minimum atomic E-state index is 0.102. The van der Waals surface area contributed by atoms with Crippen molar-refractivity contribution in [3.8, 4) is 22.6 Å². The fraction of sp³-hybridized carbons (Fsp3) is 0.286. The Balaban J connectivity index is 1.33. The maximum atomic E-state index is 13.3. The average molecular weight is 473 g/mol. The maximum absolute atomic E-state index is 13.3. The van der Waals surface area contributed by atoms with Gasteiger partial charge in [0.05, 0.1) is 12.6 Å². The molecule has 2 aromatic carbocycles. The minimum Gasteiger partial charge on any atom is -0.440 e. The van der Waals surface area contributed by atoms with E-state index in [4.69, 9.17) is 14.1 Å². The van der Waals surface area contributed by atoms with Crippen LogP contribution in [-0.4, -0.2) is 35.0 Å². The molecule has 1 aliphatic heterocycles. The number of thiophene rings is 1. The van der Waals surface area contributed by atoms with Crippen LogP contribution in [0.2, 0.25) is 0 Å². The molecule has 1 unspecified atom stereocenters. The van der Waals surface area contributed by atoms with Gasteiger partial charge in [0, 0.05) is 42.0 Å². The van der Waals surface area contributed by atoms with Gasteiger partial charge in [-0.25, -0.2) is 4.98 Å². The molecule has 0 spiro atoms. The van der Waals surface area contributed by atoms with Gasteiger partial charge in [-0.1, -0.05) is 66.7 Å². The Morgan fingerprint density at radius 1 is 1.00 bits per heavy atom. The first-order valence-electron chi connectivity index (χ1n) is 11.8. The smallest absolute Gasteiger partial charge is 0.223 e. The van der Waals surface area contributed by atoms with Crippen LogP contribution >= 0.6 is 11.3 Å². The highest BCUT2D eigenvalue weighted by Gasteiger charge is 2.24. The predicted octanol–water partition coefficient (Wildman–Crippen LogP) is 6.21. The normalized spacial score (nSPS) is 15.5. The largest absolute Gasteiger partial charge is 0.440 e. The van der Waals surface area contributed by atoms with Crippen LogP contribution in [0.5, 0.6) is 0 Å². The number of oxazole rings is 1. The Morgan fingerprint density at radius 3 is 2.44 bits per heavy atom. The van der Waals surface area contributed by atoms with Crippen LogP contribution in [-0.2, 0) is 22.5 Å². The summed E-state index contributed by atoms with van der Waals surface area (Å²) < 4.78 is 12.0. The molecule has 1 fully saturated rings. The van der Waals surface area contributed by atoms with E-state index < -0.39 is 0 Å². The molecule has 1 amide bonds. The van der Waals surface area contributed by atoms with Gasteiger partial charge in [0.1, 0.15) is 5.69 Å². The van der Waals surface area contributed by atoms with E-state index >= 15 is 0 Å². The molecule has 0 N–H and O–H groups in total. The summed E-state index contributed by atoms with van der Waals surface area (Å²) in [5.41, 5.74) is 2.79. The summed E-state index contributed by atoms with van der Waals surface area (Å²) in [7, 11) is 0. The molecule has 3 heterocycles. The van der Waals surface area contributed by atoms with Crippen LogP contribution in [0, 0.1) is 0 Å². The summed E-state index contributed by atoms with van der Waals surface area (Å²) in [6.07, 6.45) is 3.00. The minimum absolute atomic E-state index is 0.102. The summed E-state index contributed by atoms with van der Waals surface area (Å²) in [6.45, 7) is 2.03. The molecule has 5 nitrogen and oxygen atoms in total. The van der Waals surface area contributed by atoms with Gasteiger partial charge >= 0.3 is 0 Å². The lowest BCUT2D eigenvalue weighted by molar-refractivity contribution is -0.133.